The fraction of sp³-hybridized carbons (Fsp3) is 0.348. The molecule has 2 aliphatic rings. The van der Waals surface area contributed by atoms with Crippen LogP contribution in [-0.2, 0) is 17.5 Å². The summed E-state index contributed by atoms with van der Waals surface area (Å²) >= 11 is 3.22. The third kappa shape index (κ3) is 4.29. The lowest BCUT2D eigenvalue weighted by molar-refractivity contribution is -0.142. The van der Waals surface area contributed by atoms with Gasteiger partial charge in [-0.25, -0.2) is 5.01 Å². The number of carbonyl (C=O) groups excluding carboxylic acids is 1. The van der Waals surface area contributed by atoms with Crippen molar-refractivity contribution in [1.82, 2.24) is 14.8 Å². The van der Waals surface area contributed by atoms with Crippen LogP contribution in [0.25, 0.3) is 6.08 Å². The lowest BCUT2D eigenvalue weighted by atomic mass is 9.79. The molecule has 2 atom stereocenters. The molecule has 1 aliphatic heterocycles. The van der Waals surface area contributed by atoms with Crippen LogP contribution in [0.2, 0.25) is 0 Å². The SMILES string of the molecule is Cc1cc(C(F)(F)F)nn1CC(=O)N1N=C2/C(=C/c3cccs3)CCCC2C1c1cccs1. The third-order valence-corrected chi connectivity index (χ3v) is 7.77. The Kier molecular flexibility index (Phi) is 5.74. The van der Waals surface area contributed by atoms with Gasteiger partial charge in [-0.1, -0.05) is 12.1 Å². The summed E-state index contributed by atoms with van der Waals surface area (Å²) in [4.78, 5) is 15.5. The molecule has 4 heterocycles. The normalized spacial score (nSPS) is 22.0. The van der Waals surface area contributed by atoms with Crippen LogP contribution in [0.5, 0.6) is 0 Å². The van der Waals surface area contributed by atoms with Gasteiger partial charge >= 0.3 is 6.18 Å². The molecule has 0 radical (unpaired) electrons. The molecule has 3 aromatic rings. The van der Waals surface area contributed by atoms with Crippen molar-refractivity contribution in [2.75, 3.05) is 0 Å². The Morgan fingerprint density at radius 3 is 2.70 bits per heavy atom. The summed E-state index contributed by atoms with van der Waals surface area (Å²) in [5.41, 5.74) is 1.32. The zero-order valence-corrected chi connectivity index (χ0v) is 19.4. The molecular weight excluding hydrogens is 469 g/mol. The standard InChI is InChI=1S/C23H21F3N4OS2/c1-14-11-19(23(24,25)26)27-29(14)13-20(31)30-22(18-8-4-10-33-18)17-7-2-5-15(21(17)28-30)12-16-6-3-9-32-16/h3-4,6,8-12,17,22H,2,5,7,13H2,1H3/b15-12+. The van der Waals surface area contributed by atoms with Crippen molar-refractivity contribution in [3.63, 3.8) is 0 Å². The van der Waals surface area contributed by atoms with Crippen LogP contribution in [-0.4, -0.2) is 26.4 Å². The van der Waals surface area contributed by atoms with Gasteiger partial charge in [0.05, 0.1) is 11.8 Å². The Hall–Kier alpha value is -2.72. The highest BCUT2D eigenvalue weighted by molar-refractivity contribution is 7.11. The minimum absolute atomic E-state index is 0.0667. The summed E-state index contributed by atoms with van der Waals surface area (Å²) < 4.78 is 40.3. The maximum absolute atomic E-state index is 13.4. The van der Waals surface area contributed by atoms with Crippen LogP contribution in [0.3, 0.4) is 0 Å². The molecule has 5 nitrogen and oxygen atoms in total. The Labute approximate surface area is 196 Å². The van der Waals surface area contributed by atoms with Crippen molar-refractivity contribution in [1.29, 1.82) is 0 Å². The number of hydrazone groups is 1. The topological polar surface area (TPSA) is 50.5 Å². The minimum atomic E-state index is -4.55. The first kappa shape index (κ1) is 22.1. The van der Waals surface area contributed by atoms with Gasteiger partial charge in [-0.15, -0.1) is 22.7 Å². The van der Waals surface area contributed by atoms with Gasteiger partial charge in [0.1, 0.15) is 6.54 Å². The van der Waals surface area contributed by atoms with Crippen molar-refractivity contribution >= 4 is 40.4 Å². The first-order valence-electron chi connectivity index (χ1n) is 10.6. The number of halogens is 3. The average molecular weight is 491 g/mol. The molecule has 0 bridgehead atoms. The zero-order valence-electron chi connectivity index (χ0n) is 17.7. The zero-order chi connectivity index (χ0) is 23.2. The van der Waals surface area contributed by atoms with Crippen LogP contribution in [0.1, 0.15) is 46.4 Å². The van der Waals surface area contributed by atoms with Crippen LogP contribution >= 0.6 is 22.7 Å². The number of thiophene rings is 2. The number of hydrogen-bond donors (Lipinski definition) is 0. The van der Waals surface area contributed by atoms with Crippen molar-refractivity contribution in [2.45, 2.75) is 44.9 Å². The van der Waals surface area contributed by atoms with Crippen molar-refractivity contribution < 1.29 is 18.0 Å². The summed E-state index contributed by atoms with van der Waals surface area (Å²) in [6.45, 7) is 1.22. The number of amides is 1. The maximum atomic E-state index is 13.4. The highest BCUT2D eigenvalue weighted by Crippen LogP contribution is 2.45. The van der Waals surface area contributed by atoms with Gasteiger partial charge in [-0.3, -0.25) is 9.48 Å². The first-order chi connectivity index (χ1) is 15.8. The van der Waals surface area contributed by atoms with Gasteiger partial charge < -0.3 is 0 Å². The Morgan fingerprint density at radius 1 is 1.24 bits per heavy atom. The van der Waals surface area contributed by atoms with Crippen LogP contribution in [0, 0.1) is 12.8 Å². The predicted molar refractivity (Wildman–Crippen MR) is 123 cm³/mol. The summed E-state index contributed by atoms with van der Waals surface area (Å²) in [5, 5.41) is 13.9. The Morgan fingerprint density at radius 2 is 2.03 bits per heavy atom. The smallest absolute Gasteiger partial charge is 0.271 e. The van der Waals surface area contributed by atoms with E-state index in [0.717, 1.165) is 51.0 Å². The molecule has 172 valence electrons. The number of aromatic nitrogens is 2. The second-order valence-corrected chi connectivity index (χ2v) is 10.2. The van der Waals surface area contributed by atoms with E-state index in [2.05, 4.69) is 17.2 Å². The second-order valence-electron chi connectivity index (χ2n) is 8.19. The number of carbonyl (C=O) groups is 1. The highest BCUT2D eigenvalue weighted by Gasteiger charge is 2.44. The molecule has 1 saturated carbocycles. The first-order valence-corrected chi connectivity index (χ1v) is 12.4. The van der Waals surface area contributed by atoms with E-state index in [1.807, 2.05) is 29.0 Å². The molecule has 0 aromatic carbocycles. The number of nitrogens with zero attached hydrogens (tertiary/aromatic N) is 4. The number of hydrogen-bond acceptors (Lipinski definition) is 5. The minimum Gasteiger partial charge on any atom is -0.271 e. The summed E-state index contributed by atoms with van der Waals surface area (Å²) in [6, 6.07) is 8.69. The Bertz CT molecular complexity index is 1210. The van der Waals surface area contributed by atoms with E-state index >= 15 is 0 Å². The van der Waals surface area contributed by atoms with E-state index in [0.29, 0.717) is 0 Å². The Balaban J connectivity index is 1.48. The van der Waals surface area contributed by atoms with E-state index in [-0.39, 0.29) is 30.1 Å². The van der Waals surface area contributed by atoms with Crippen molar-refractivity contribution in [2.24, 2.45) is 11.0 Å². The molecule has 2 unspecified atom stereocenters. The maximum Gasteiger partial charge on any atom is 0.435 e. The van der Waals surface area contributed by atoms with Crippen molar-refractivity contribution in [3.8, 4) is 0 Å². The number of allylic oxidation sites excluding steroid dienone is 1. The van der Waals surface area contributed by atoms with Crippen LogP contribution in [0.4, 0.5) is 13.2 Å². The molecule has 1 aliphatic carbocycles. The van der Waals surface area contributed by atoms with E-state index in [1.54, 1.807) is 22.7 Å². The fourth-order valence-electron chi connectivity index (χ4n) is 4.50. The van der Waals surface area contributed by atoms with Gasteiger partial charge in [0.15, 0.2) is 5.69 Å². The number of alkyl halides is 3. The van der Waals surface area contributed by atoms with Gasteiger partial charge in [-0.2, -0.15) is 23.4 Å². The molecule has 1 fully saturated rings. The largest absolute Gasteiger partial charge is 0.435 e. The fourth-order valence-corrected chi connectivity index (χ4v) is 6.06. The van der Waals surface area contributed by atoms with Crippen molar-refractivity contribution in [3.05, 3.63) is 67.8 Å². The number of fused-ring (bicyclic) bond motifs is 1. The summed E-state index contributed by atoms with van der Waals surface area (Å²) in [7, 11) is 0. The van der Waals surface area contributed by atoms with Crippen LogP contribution in [0.15, 0.2) is 51.8 Å². The van der Waals surface area contributed by atoms with Gasteiger partial charge in [0, 0.05) is 21.4 Å². The highest BCUT2D eigenvalue weighted by atomic mass is 32.1. The van der Waals surface area contributed by atoms with E-state index in [1.165, 1.54) is 11.9 Å². The summed E-state index contributed by atoms with van der Waals surface area (Å²) in [6.07, 6.45) is 0.384. The quantitative estimate of drug-likeness (QED) is 0.440. The predicted octanol–water partition coefficient (Wildman–Crippen LogP) is 6.16. The number of aryl methyl sites for hydroxylation is 1. The van der Waals surface area contributed by atoms with Gasteiger partial charge in [-0.05, 0) is 66.8 Å². The summed E-state index contributed by atoms with van der Waals surface area (Å²) in [5.74, 6) is -0.303. The molecule has 0 spiro atoms. The molecular formula is C23H21F3N4OS2. The lowest BCUT2D eigenvalue weighted by Crippen LogP contribution is -2.33. The molecule has 0 N–H and O–H groups in total. The second kappa shape index (κ2) is 8.57. The van der Waals surface area contributed by atoms with Gasteiger partial charge in [0.2, 0.25) is 0 Å². The van der Waals surface area contributed by atoms with Gasteiger partial charge in [0.25, 0.3) is 5.91 Å². The lowest BCUT2D eigenvalue weighted by Gasteiger charge is -2.28. The molecule has 5 rings (SSSR count). The molecule has 1 amide bonds. The van der Waals surface area contributed by atoms with Crippen LogP contribution < -0.4 is 0 Å². The van der Waals surface area contributed by atoms with E-state index in [4.69, 9.17) is 5.10 Å². The molecule has 3 aromatic heterocycles. The third-order valence-electron chi connectivity index (χ3n) is 6.01. The van der Waals surface area contributed by atoms with E-state index < -0.39 is 11.9 Å². The average Bonchev–Trinajstić information content (AvgIpc) is 3.54. The number of rotatable bonds is 4. The van der Waals surface area contributed by atoms with E-state index in [9.17, 15) is 18.0 Å². The molecule has 33 heavy (non-hydrogen) atoms. The monoisotopic (exact) mass is 490 g/mol. The molecule has 0 saturated heterocycles. The molecule has 10 heteroatoms.